The van der Waals surface area contributed by atoms with Crippen molar-refractivity contribution < 1.29 is 17.3 Å². The van der Waals surface area contributed by atoms with Crippen molar-refractivity contribution in [1.82, 2.24) is 0 Å². The van der Waals surface area contributed by atoms with E-state index in [4.69, 9.17) is 0 Å². The molecular weight excluding hydrogens is 170 g/mol. The maximum Gasteiger partial charge on any atom is 0.0874 e. The summed E-state index contributed by atoms with van der Waals surface area (Å²) in [6.07, 6.45) is 7.24. The fraction of sp³-hybridized carbons (Fsp3) is 1.00. The number of hydrogen-bond acceptors (Lipinski definition) is 0. The lowest BCUT2D eigenvalue weighted by molar-refractivity contribution is -0.929. The second-order valence-corrected chi connectivity index (χ2v) is 3.74. The monoisotopic (exact) mass is 191 g/mol. The van der Waals surface area contributed by atoms with Gasteiger partial charge in [0, 0.05) is 0 Å². The Morgan fingerprint density at radius 3 is 2.58 bits per heavy atom. The molecule has 1 fully saturated rings. The van der Waals surface area contributed by atoms with Crippen LogP contribution in [-0.4, -0.2) is 19.1 Å². The van der Waals surface area contributed by atoms with Crippen molar-refractivity contribution in [3.05, 3.63) is 0 Å². The van der Waals surface area contributed by atoms with Gasteiger partial charge in [-0.2, -0.15) is 0 Å². The van der Waals surface area contributed by atoms with Crippen molar-refractivity contribution in [3.63, 3.8) is 0 Å². The molecule has 0 radical (unpaired) electrons. The summed E-state index contributed by atoms with van der Waals surface area (Å²) in [6.45, 7) is 7.40. The largest absolute Gasteiger partial charge is 1.00 e. The van der Waals surface area contributed by atoms with Gasteiger partial charge < -0.3 is 17.3 Å². The van der Waals surface area contributed by atoms with Gasteiger partial charge in [-0.15, -0.1) is 0 Å². The SMILES string of the molecule is CCCC1CCCC[NH+]1CC.[Cl-]. The average molecular weight is 192 g/mol. The van der Waals surface area contributed by atoms with Gasteiger partial charge in [-0.1, -0.05) is 13.3 Å². The molecule has 0 spiro atoms. The topological polar surface area (TPSA) is 4.44 Å². The number of piperidine rings is 1. The number of quaternary nitrogens is 1. The van der Waals surface area contributed by atoms with Gasteiger partial charge in [-0.05, 0) is 32.6 Å². The molecule has 0 aliphatic carbocycles. The van der Waals surface area contributed by atoms with Crippen LogP contribution in [0.3, 0.4) is 0 Å². The number of halogens is 1. The standard InChI is InChI=1S/C10H21N.ClH/c1-3-7-10-8-5-6-9-11(10)4-2;/h10H,3-9H2,1-2H3;1H. The highest BCUT2D eigenvalue weighted by Crippen LogP contribution is 2.07. The van der Waals surface area contributed by atoms with Crippen LogP contribution in [-0.2, 0) is 0 Å². The summed E-state index contributed by atoms with van der Waals surface area (Å²) in [4.78, 5) is 1.86. The van der Waals surface area contributed by atoms with Gasteiger partial charge in [-0.3, -0.25) is 0 Å². The maximum absolute atomic E-state index is 2.32. The molecule has 2 unspecified atom stereocenters. The molecule has 0 amide bonds. The lowest BCUT2D eigenvalue weighted by Crippen LogP contribution is -3.16. The summed E-state index contributed by atoms with van der Waals surface area (Å²) in [6, 6.07) is 0.999. The zero-order valence-corrected chi connectivity index (χ0v) is 9.16. The first kappa shape index (κ1) is 12.2. The molecule has 0 bridgehead atoms. The molecule has 0 aromatic rings. The summed E-state index contributed by atoms with van der Waals surface area (Å²) in [5.41, 5.74) is 0. The lowest BCUT2D eigenvalue weighted by Gasteiger charge is -2.31. The van der Waals surface area contributed by atoms with Crippen LogP contribution in [0.25, 0.3) is 0 Å². The molecule has 2 heteroatoms. The Bertz CT molecular complexity index is 104. The molecule has 1 nitrogen and oxygen atoms in total. The second-order valence-electron chi connectivity index (χ2n) is 3.74. The minimum absolute atomic E-state index is 0. The predicted molar refractivity (Wildman–Crippen MR) is 48.9 cm³/mol. The first-order valence-electron chi connectivity index (χ1n) is 5.23. The van der Waals surface area contributed by atoms with Gasteiger partial charge in [0.25, 0.3) is 0 Å². The van der Waals surface area contributed by atoms with Crippen LogP contribution in [0.4, 0.5) is 0 Å². The predicted octanol–water partition coefficient (Wildman–Crippen LogP) is -1.75. The minimum Gasteiger partial charge on any atom is -1.00 e. The Hall–Kier alpha value is 0.250. The summed E-state index contributed by atoms with van der Waals surface area (Å²) < 4.78 is 0. The Kier molecular flexibility index (Phi) is 6.87. The molecule has 0 saturated carbocycles. The summed E-state index contributed by atoms with van der Waals surface area (Å²) in [5.74, 6) is 0. The van der Waals surface area contributed by atoms with E-state index in [-0.39, 0.29) is 12.4 Å². The molecule has 1 aliphatic heterocycles. The van der Waals surface area contributed by atoms with Gasteiger partial charge in [0.2, 0.25) is 0 Å². The van der Waals surface area contributed by atoms with Crippen molar-refractivity contribution in [2.45, 2.75) is 52.0 Å². The third kappa shape index (κ3) is 3.32. The van der Waals surface area contributed by atoms with E-state index < -0.39 is 0 Å². The summed E-state index contributed by atoms with van der Waals surface area (Å²) in [5, 5.41) is 0. The molecule has 1 heterocycles. The smallest absolute Gasteiger partial charge is 0.0874 e. The summed E-state index contributed by atoms with van der Waals surface area (Å²) in [7, 11) is 0. The van der Waals surface area contributed by atoms with E-state index in [0.717, 1.165) is 6.04 Å². The summed E-state index contributed by atoms with van der Waals surface area (Å²) >= 11 is 0. The van der Waals surface area contributed by atoms with Crippen LogP contribution < -0.4 is 17.3 Å². The normalized spacial score (nSPS) is 29.5. The lowest BCUT2D eigenvalue weighted by atomic mass is 9.98. The van der Waals surface area contributed by atoms with Crippen molar-refractivity contribution in [2.75, 3.05) is 13.1 Å². The van der Waals surface area contributed by atoms with E-state index in [1.165, 1.54) is 45.2 Å². The van der Waals surface area contributed by atoms with Crippen LogP contribution >= 0.6 is 0 Å². The Labute approximate surface area is 82.9 Å². The molecule has 1 saturated heterocycles. The van der Waals surface area contributed by atoms with Crippen LogP contribution in [0, 0.1) is 0 Å². The Balaban J connectivity index is 0.00000121. The van der Waals surface area contributed by atoms with E-state index >= 15 is 0 Å². The van der Waals surface area contributed by atoms with Gasteiger partial charge in [0.05, 0.1) is 19.1 Å². The first-order chi connectivity index (χ1) is 5.38. The second kappa shape index (κ2) is 6.73. The van der Waals surface area contributed by atoms with Crippen LogP contribution in [0.15, 0.2) is 0 Å². The number of nitrogens with one attached hydrogen (secondary N) is 1. The average Bonchev–Trinajstić information content (AvgIpc) is 2.06. The molecular formula is C10H22ClN. The van der Waals surface area contributed by atoms with Gasteiger partial charge >= 0.3 is 0 Å². The Morgan fingerprint density at radius 2 is 2.00 bits per heavy atom. The third-order valence-corrected chi connectivity index (χ3v) is 2.97. The molecule has 0 aromatic heterocycles. The molecule has 2 atom stereocenters. The maximum atomic E-state index is 2.32. The Morgan fingerprint density at radius 1 is 1.25 bits per heavy atom. The molecule has 1 rings (SSSR count). The quantitative estimate of drug-likeness (QED) is 0.540. The van der Waals surface area contributed by atoms with E-state index in [0.29, 0.717) is 0 Å². The van der Waals surface area contributed by atoms with E-state index in [9.17, 15) is 0 Å². The minimum atomic E-state index is 0. The van der Waals surface area contributed by atoms with E-state index in [2.05, 4.69) is 13.8 Å². The highest BCUT2D eigenvalue weighted by Gasteiger charge is 2.22. The number of likely N-dealkylation sites (tertiary alicyclic amines) is 1. The third-order valence-electron chi connectivity index (χ3n) is 2.97. The van der Waals surface area contributed by atoms with Gasteiger partial charge in [0.1, 0.15) is 0 Å². The molecule has 74 valence electrons. The molecule has 1 N–H and O–H groups in total. The van der Waals surface area contributed by atoms with Gasteiger partial charge in [-0.25, -0.2) is 0 Å². The first-order valence-corrected chi connectivity index (χ1v) is 5.23. The van der Waals surface area contributed by atoms with Crippen molar-refractivity contribution >= 4 is 0 Å². The van der Waals surface area contributed by atoms with Crippen LogP contribution in [0.1, 0.15) is 46.0 Å². The zero-order valence-electron chi connectivity index (χ0n) is 8.41. The van der Waals surface area contributed by atoms with Gasteiger partial charge in [0.15, 0.2) is 0 Å². The number of rotatable bonds is 3. The molecule has 12 heavy (non-hydrogen) atoms. The zero-order chi connectivity index (χ0) is 8.10. The highest BCUT2D eigenvalue weighted by molar-refractivity contribution is 4.60. The van der Waals surface area contributed by atoms with Crippen molar-refractivity contribution in [3.8, 4) is 0 Å². The van der Waals surface area contributed by atoms with E-state index in [1.54, 1.807) is 0 Å². The number of hydrogen-bond donors (Lipinski definition) is 1. The van der Waals surface area contributed by atoms with Crippen molar-refractivity contribution in [1.29, 1.82) is 0 Å². The fourth-order valence-electron chi connectivity index (χ4n) is 2.31. The highest BCUT2D eigenvalue weighted by atomic mass is 35.5. The van der Waals surface area contributed by atoms with Crippen molar-refractivity contribution in [2.24, 2.45) is 0 Å². The van der Waals surface area contributed by atoms with Crippen LogP contribution in [0.2, 0.25) is 0 Å². The van der Waals surface area contributed by atoms with E-state index in [1.807, 2.05) is 4.90 Å². The molecule has 1 aliphatic rings. The fourth-order valence-corrected chi connectivity index (χ4v) is 2.31. The van der Waals surface area contributed by atoms with Crippen LogP contribution in [0.5, 0.6) is 0 Å². The molecule has 0 aromatic carbocycles.